The number of hydrogen-bond donors (Lipinski definition) is 2. The molecule has 0 fully saturated rings. The van der Waals surface area contributed by atoms with Gasteiger partial charge in [0.1, 0.15) is 11.6 Å². The Morgan fingerprint density at radius 2 is 1.62 bits per heavy atom. The van der Waals surface area contributed by atoms with E-state index < -0.39 is 17.5 Å². The molecule has 0 radical (unpaired) electrons. The van der Waals surface area contributed by atoms with Gasteiger partial charge >= 0.3 is 0 Å². The van der Waals surface area contributed by atoms with Gasteiger partial charge in [-0.3, -0.25) is 9.59 Å². The number of anilines is 2. The maximum absolute atomic E-state index is 13.3. The molecule has 0 spiro atoms. The summed E-state index contributed by atoms with van der Waals surface area (Å²) in [6.07, 6.45) is 0. The predicted molar refractivity (Wildman–Crippen MR) is 75.1 cm³/mol. The summed E-state index contributed by atoms with van der Waals surface area (Å²) in [6, 6.07) is 8.65. The summed E-state index contributed by atoms with van der Waals surface area (Å²) in [6.45, 7) is 1.29. The highest BCUT2D eigenvalue weighted by Gasteiger charge is 2.11. The molecule has 2 aromatic carbocycles. The summed E-state index contributed by atoms with van der Waals surface area (Å²) >= 11 is 0. The highest BCUT2D eigenvalue weighted by Crippen LogP contribution is 2.23. The molecule has 6 heteroatoms. The van der Waals surface area contributed by atoms with Crippen molar-refractivity contribution < 1.29 is 18.4 Å². The lowest BCUT2D eigenvalue weighted by Crippen LogP contribution is -2.15. The van der Waals surface area contributed by atoms with Crippen LogP contribution in [0.15, 0.2) is 42.5 Å². The average molecular weight is 290 g/mol. The number of rotatable bonds is 3. The molecule has 0 atom stereocenters. The van der Waals surface area contributed by atoms with E-state index in [-0.39, 0.29) is 22.8 Å². The largest absolute Gasteiger partial charge is 0.325 e. The molecule has 0 aliphatic heterocycles. The van der Waals surface area contributed by atoms with E-state index in [0.29, 0.717) is 0 Å². The second-order valence-corrected chi connectivity index (χ2v) is 4.34. The van der Waals surface area contributed by atoms with E-state index in [4.69, 9.17) is 0 Å². The molecule has 0 saturated carbocycles. The second kappa shape index (κ2) is 6.13. The Morgan fingerprint density at radius 1 is 0.905 bits per heavy atom. The van der Waals surface area contributed by atoms with Gasteiger partial charge in [0.2, 0.25) is 5.91 Å². The Hall–Kier alpha value is -2.76. The Bertz CT molecular complexity index is 702. The normalized spacial score (nSPS) is 10.0. The summed E-state index contributed by atoms with van der Waals surface area (Å²) in [5.74, 6) is -2.09. The van der Waals surface area contributed by atoms with Gasteiger partial charge in [0.05, 0.1) is 11.4 Å². The van der Waals surface area contributed by atoms with Gasteiger partial charge in [-0.05, 0) is 36.4 Å². The lowest BCUT2D eigenvalue weighted by molar-refractivity contribution is -0.114. The zero-order chi connectivity index (χ0) is 15.4. The van der Waals surface area contributed by atoms with Crippen molar-refractivity contribution in [1.82, 2.24) is 0 Å². The summed E-state index contributed by atoms with van der Waals surface area (Å²) in [5, 5.41) is 4.91. The highest BCUT2D eigenvalue weighted by molar-refractivity contribution is 6.07. The molecule has 0 aromatic heterocycles. The molecule has 0 bridgehead atoms. The van der Waals surface area contributed by atoms with E-state index in [2.05, 4.69) is 10.6 Å². The van der Waals surface area contributed by atoms with Crippen molar-refractivity contribution in [2.75, 3.05) is 10.6 Å². The van der Waals surface area contributed by atoms with Crippen LogP contribution in [0.2, 0.25) is 0 Å². The number of carbonyl (C=O) groups is 2. The molecule has 4 nitrogen and oxygen atoms in total. The third-order valence-corrected chi connectivity index (χ3v) is 2.63. The van der Waals surface area contributed by atoms with E-state index >= 15 is 0 Å². The molecule has 0 aliphatic carbocycles. The van der Waals surface area contributed by atoms with E-state index in [1.54, 1.807) is 0 Å². The molecule has 108 valence electrons. The maximum Gasteiger partial charge on any atom is 0.255 e. The van der Waals surface area contributed by atoms with Gasteiger partial charge in [-0.1, -0.05) is 6.07 Å². The quantitative estimate of drug-likeness (QED) is 0.912. The van der Waals surface area contributed by atoms with Crippen molar-refractivity contribution in [3.63, 3.8) is 0 Å². The van der Waals surface area contributed by atoms with Crippen LogP contribution in [-0.2, 0) is 4.79 Å². The minimum atomic E-state index is -0.605. The lowest BCUT2D eigenvalue weighted by atomic mass is 10.2. The predicted octanol–water partition coefficient (Wildman–Crippen LogP) is 3.18. The highest BCUT2D eigenvalue weighted by atomic mass is 19.1. The van der Waals surface area contributed by atoms with Crippen molar-refractivity contribution in [1.29, 1.82) is 0 Å². The van der Waals surface area contributed by atoms with Crippen LogP contribution in [0.25, 0.3) is 0 Å². The van der Waals surface area contributed by atoms with E-state index in [0.717, 1.165) is 18.2 Å². The van der Waals surface area contributed by atoms with Crippen LogP contribution in [-0.4, -0.2) is 11.8 Å². The Morgan fingerprint density at radius 3 is 2.29 bits per heavy atom. The minimum absolute atomic E-state index is 0.0908. The number of amides is 2. The van der Waals surface area contributed by atoms with Gasteiger partial charge < -0.3 is 10.6 Å². The first kappa shape index (κ1) is 14.6. The van der Waals surface area contributed by atoms with Crippen LogP contribution in [0.1, 0.15) is 17.3 Å². The molecule has 2 amide bonds. The van der Waals surface area contributed by atoms with Crippen molar-refractivity contribution in [3.8, 4) is 0 Å². The number of carbonyl (C=O) groups excluding carboxylic acids is 2. The van der Waals surface area contributed by atoms with Crippen LogP contribution < -0.4 is 10.6 Å². The number of nitrogens with one attached hydrogen (secondary N) is 2. The molecule has 2 rings (SSSR count). The summed E-state index contributed by atoms with van der Waals surface area (Å²) in [5.41, 5.74) is 0.446. The van der Waals surface area contributed by atoms with Crippen LogP contribution in [0.3, 0.4) is 0 Å². The van der Waals surface area contributed by atoms with Crippen LogP contribution in [0, 0.1) is 11.6 Å². The first-order valence-electron chi connectivity index (χ1n) is 6.10. The minimum Gasteiger partial charge on any atom is -0.325 e. The third kappa shape index (κ3) is 3.85. The zero-order valence-corrected chi connectivity index (χ0v) is 11.1. The van der Waals surface area contributed by atoms with Crippen molar-refractivity contribution >= 4 is 23.2 Å². The molecule has 2 aromatic rings. The van der Waals surface area contributed by atoms with Crippen molar-refractivity contribution in [2.24, 2.45) is 0 Å². The molecule has 0 saturated heterocycles. The third-order valence-electron chi connectivity index (χ3n) is 2.63. The molecule has 0 heterocycles. The number of hydrogen-bond acceptors (Lipinski definition) is 2. The zero-order valence-electron chi connectivity index (χ0n) is 11.1. The number of halogens is 2. The summed E-state index contributed by atoms with van der Waals surface area (Å²) in [7, 11) is 0. The van der Waals surface area contributed by atoms with Crippen LogP contribution in [0.5, 0.6) is 0 Å². The molecule has 0 aliphatic rings. The van der Waals surface area contributed by atoms with E-state index in [1.165, 1.54) is 31.2 Å². The smallest absolute Gasteiger partial charge is 0.255 e. The fraction of sp³-hybridized carbons (Fsp3) is 0.0667. The fourth-order valence-electron chi connectivity index (χ4n) is 1.74. The van der Waals surface area contributed by atoms with Gasteiger partial charge in [0, 0.05) is 12.5 Å². The van der Waals surface area contributed by atoms with Gasteiger partial charge in [0.25, 0.3) is 5.91 Å². The van der Waals surface area contributed by atoms with Crippen LogP contribution >= 0.6 is 0 Å². The second-order valence-electron chi connectivity index (χ2n) is 4.34. The van der Waals surface area contributed by atoms with Gasteiger partial charge in [-0.2, -0.15) is 0 Å². The fourth-order valence-corrected chi connectivity index (χ4v) is 1.74. The summed E-state index contributed by atoms with van der Waals surface area (Å²) in [4.78, 5) is 23.1. The first-order chi connectivity index (χ1) is 9.95. The van der Waals surface area contributed by atoms with Gasteiger partial charge in [-0.25, -0.2) is 8.78 Å². The molecule has 0 unspecified atom stereocenters. The lowest BCUT2D eigenvalue weighted by Gasteiger charge is -2.11. The topological polar surface area (TPSA) is 58.2 Å². The monoisotopic (exact) mass is 290 g/mol. The van der Waals surface area contributed by atoms with Crippen molar-refractivity contribution in [2.45, 2.75) is 6.92 Å². The first-order valence-corrected chi connectivity index (χ1v) is 6.10. The average Bonchev–Trinajstić information content (AvgIpc) is 2.41. The number of benzene rings is 2. The molecular weight excluding hydrogens is 278 g/mol. The summed E-state index contributed by atoms with van der Waals surface area (Å²) < 4.78 is 26.4. The van der Waals surface area contributed by atoms with E-state index in [9.17, 15) is 18.4 Å². The Balaban J connectivity index is 2.27. The molecule has 2 N–H and O–H groups in total. The Kier molecular flexibility index (Phi) is 4.27. The molecule has 21 heavy (non-hydrogen) atoms. The van der Waals surface area contributed by atoms with Gasteiger partial charge in [-0.15, -0.1) is 0 Å². The Labute approximate surface area is 119 Å². The maximum atomic E-state index is 13.3. The van der Waals surface area contributed by atoms with E-state index in [1.807, 2.05) is 0 Å². The van der Waals surface area contributed by atoms with Crippen LogP contribution in [0.4, 0.5) is 20.2 Å². The molecular formula is C15H12F2N2O2. The van der Waals surface area contributed by atoms with Crippen molar-refractivity contribution in [3.05, 3.63) is 59.7 Å². The van der Waals surface area contributed by atoms with Gasteiger partial charge in [0.15, 0.2) is 0 Å². The standard InChI is InChI=1S/C15H12F2N2O2/c1-9(20)18-13-6-5-12(17)8-14(13)19-15(21)10-3-2-4-11(16)7-10/h2-8H,1H3,(H,18,20)(H,19,21). The SMILES string of the molecule is CC(=O)Nc1ccc(F)cc1NC(=O)c1cccc(F)c1.